The lowest BCUT2D eigenvalue weighted by atomic mass is 10.0. The van der Waals surface area contributed by atoms with Gasteiger partial charge in [0.25, 0.3) is 0 Å². The second-order valence-electron chi connectivity index (χ2n) is 3.25. The van der Waals surface area contributed by atoms with Crippen molar-refractivity contribution in [1.29, 1.82) is 0 Å². The summed E-state index contributed by atoms with van der Waals surface area (Å²) in [6.45, 7) is 2.20. The summed E-state index contributed by atoms with van der Waals surface area (Å²) in [5, 5.41) is 0. The number of carbonyl (C=O) groups is 1. The van der Waals surface area contributed by atoms with Gasteiger partial charge in [0.2, 0.25) is 0 Å². The van der Waals surface area contributed by atoms with Crippen molar-refractivity contribution in [3.05, 3.63) is 33.5 Å². The van der Waals surface area contributed by atoms with E-state index in [9.17, 15) is 9.18 Å². The summed E-state index contributed by atoms with van der Waals surface area (Å²) < 4.78 is 13.9. The summed E-state index contributed by atoms with van der Waals surface area (Å²) in [4.78, 5) is 11.5. The molecule has 0 aliphatic rings. The SMILES string of the molecule is CCc1cc(Br)c(F)c(C(=O)CCN)c1. The molecule has 0 amide bonds. The van der Waals surface area contributed by atoms with Gasteiger partial charge in [-0.15, -0.1) is 0 Å². The zero-order valence-electron chi connectivity index (χ0n) is 8.52. The van der Waals surface area contributed by atoms with Gasteiger partial charge in [0, 0.05) is 6.42 Å². The average Bonchev–Trinajstić information content (AvgIpc) is 2.22. The Hall–Kier alpha value is -0.740. The van der Waals surface area contributed by atoms with Gasteiger partial charge in [0.1, 0.15) is 5.82 Å². The van der Waals surface area contributed by atoms with Gasteiger partial charge >= 0.3 is 0 Å². The van der Waals surface area contributed by atoms with Crippen LogP contribution >= 0.6 is 15.9 Å². The molecule has 0 saturated carbocycles. The first kappa shape index (κ1) is 12.3. The lowest BCUT2D eigenvalue weighted by Gasteiger charge is -2.06. The maximum absolute atomic E-state index is 13.6. The van der Waals surface area contributed by atoms with E-state index in [1.807, 2.05) is 6.92 Å². The Labute approximate surface area is 96.8 Å². The zero-order chi connectivity index (χ0) is 11.4. The molecule has 2 nitrogen and oxygen atoms in total. The van der Waals surface area contributed by atoms with E-state index < -0.39 is 5.82 Å². The number of rotatable bonds is 4. The van der Waals surface area contributed by atoms with Gasteiger partial charge in [-0.25, -0.2) is 4.39 Å². The Morgan fingerprint density at radius 3 is 2.73 bits per heavy atom. The Bertz CT molecular complexity index is 379. The summed E-state index contributed by atoms with van der Waals surface area (Å²) in [6.07, 6.45) is 0.943. The standard InChI is InChI=1S/C11H13BrFNO/c1-2-7-5-8(10(15)3-4-14)11(13)9(12)6-7/h5-6H,2-4,14H2,1H3. The molecule has 0 spiro atoms. The molecular formula is C11H13BrFNO. The third kappa shape index (κ3) is 2.86. The van der Waals surface area contributed by atoms with E-state index in [2.05, 4.69) is 15.9 Å². The van der Waals surface area contributed by atoms with Gasteiger partial charge in [-0.1, -0.05) is 6.92 Å². The number of ketones is 1. The Morgan fingerprint density at radius 2 is 2.20 bits per heavy atom. The molecule has 1 aromatic carbocycles. The molecule has 0 heterocycles. The van der Waals surface area contributed by atoms with Gasteiger partial charge in [-0.2, -0.15) is 0 Å². The molecule has 15 heavy (non-hydrogen) atoms. The van der Waals surface area contributed by atoms with Gasteiger partial charge in [-0.3, -0.25) is 4.79 Å². The maximum atomic E-state index is 13.6. The van der Waals surface area contributed by atoms with Crippen LogP contribution in [-0.4, -0.2) is 12.3 Å². The van der Waals surface area contributed by atoms with Gasteiger partial charge in [-0.05, 0) is 46.6 Å². The summed E-state index contributed by atoms with van der Waals surface area (Å²) >= 11 is 3.10. The van der Waals surface area contributed by atoms with E-state index in [1.54, 1.807) is 12.1 Å². The van der Waals surface area contributed by atoms with Gasteiger partial charge < -0.3 is 5.73 Å². The van der Waals surface area contributed by atoms with E-state index in [0.717, 1.165) is 12.0 Å². The van der Waals surface area contributed by atoms with E-state index in [4.69, 9.17) is 5.73 Å². The summed E-state index contributed by atoms with van der Waals surface area (Å²) in [5.41, 5.74) is 6.34. The number of benzene rings is 1. The van der Waals surface area contributed by atoms with Crippen LogP contribution in [0.25, 0.3) is 0 Å². The number of aryl methyl sites for hydroxylation is 1. The molecule has 0 radical (unpaired) electrons. The average molecular weight is 274 g/mol. The van der Waals surface area contributed by atoms with Crippen LogP contribution < -0.4 is 5.73 Å². The smallest absolute Gasteiger partial charge is 0.167 e. The molecule has 0 fully saturated rings. The fraction of sp³-hybridized carbons (Fsp3) is 0.364. The number of Topliss-reactive ketones (excluding diaryl/α,β-unsaturated/α-hetero) is 1. The van der Waals surface area contributed by atoms with Crippen molar-refractivity contribution in [1.82, 2.24) is 0 Å². The lowest BCUT2D eigenvalue weighted by Crippen LogP contribution is -2.10. The van der Waals surface area contributed by atoms with E-state index in [-0.39, 0.29) is 24.3 Å². The molecule has 0 aromatic heterocycles. The van der Waals surface area contributed by atoms with Crippen LogP contribution in [0.2, 0.25) is 0 Å². The molecule has 0 aliphatic carbocycles. The highest BCUT2D eigenvalue weighted by Gasteiger charge is 2.14. The molecule has 0 bridgehead atoms. The Kier molecular flexibility index (Phi) is 4.42. The quantitative estimate of drug-likeness (QED) is 0.858. The first-order valence-electron chi connectivity index (χ1n) is 4.81. The van der Waals surface area contributed by atoms with Crippen LogP contribution in [0.4, 0.5) is 4.39 Å². The van der Waals surface area contributed by atoms with Crippen molar-refractivity contribution in [3.63, 3.8) is 0 Å². The summed E-state index contributed by atoms with van der Waals surface area (Å²) in [6, 6.07) is 3.28. The molecule has 0 saturated heterocycles. The normalized spacial score (nSPS) is 10.4. The van der Waals surface area contributed by atoms with Crippen molar-refractivity contribution < 1.29 is 9.18 Å². The summed E-state index contributed by atoms with van der Waals surface area (Å²) in [7, 11) is 0. The molecule has 4 heteroatoms. The zero-order valence-corrected chi connectivity index (χ0v) is 10.1. The molecule has 2 N–H and O–H groups in total. The molecule has 82 valence electrons. The lowest BCUT2D eigenvalue weighted by molar-refractivity contribution is 0.0981. The highest BCUT2D eigenvalue weighted by atomic mass is 79.9. The van der Waals surface area contributed by atoms with Gasteiger partial charge in [0.05, 0.1) is 10.0 Å². The van der Waals surface area contributed by atoms with Crippen LogP contribution in [0.15, 0.2) is 16.6 Å². The number of hydrogen-bond acceptors (Lipinski definition) is 2. The topological polar surface area (TPSA) is 43.1 Å². The van der Waals surface area contributed by atoms with E-state index >= 15 is 0 Å². The predicted molar refractivity (Wildman–Crippen MR) is 61.5 cm³/mol. The molecule has 0 unspecified atom stereocenters. The maximum Gasteiger partial charge on any atom is 0.167 e. The van der Waals surface area contributed by atoms with Crippen molar-refractivity contribution in [2.75, 3.05) is 6.54 Å². The first-order chi connectivity index (χ1) is 7.10. The van der Waals surface area contributed by atoms with Crippen LogP contribution in [0, 0.1) is 5.82 Å². The number of hydrogen-bond donors (Lipinski definition) is 1. The van der Waals surface area contributed by atoms with E-state index in [0.29, 0.717) is 4.47 Å². The number of nitrogens with two attached hydrogens (primary N) is 1. The highest BCUT2D eigenvalue weighted by molar-refractivity contribution is 9.10. The third-order valence-electron chi connectivity index (χ3n) is 2.17. The molecule has 0 atom stereocenters. The predicted octanol–water partition coefficient (Wildman–Crippen LogP) is 2.68. The minimum absolute atomic E-state index is 0.131. The van der Waals surface area contributed by atoms with Crippen molar-refractivity contribution in [2.45, 2.75) is 19.8 Å². The largest absolute Gasteiger partial charge is 0.330 e. The first-order valence-corrected chi connectivity index (χ1v) is 5.60. The number of carbonyl (C=O) groups excluding carboxylic acids is 1. The van der Waals surface area contributed by atoms with Crippen LogP contribution in [0.5, 0.6) is 0 Å². The Balaban J connectivity index is 3.15. The van der Waals surface area contributed by atoms with Crippen LogP contribution in [0.3, 0.4) is 0 Å². The van der Waals surface area contributed by atoms with Crippen molar-refractivity contribution in [2.24, 2.45) is 5.73 Å². The molecule has 0 aliphatic heterocycles. The van der Waals surface area contributed by atoms with Crippen molar-refractivity contribution in [3.8, 4) is 0 Å². The van der Waals surface area contributed by atoms with E-state index in [1.165, 1.54) is 0 Å². The fourth-order valence-electron chi connectivity index (χ4n) is 1.32. The van der Waals surface area contributed by atoms with Crippen molar-refractivity contribution >= 4 is 21.7 Å². The second-order valence-corrected chi connectivity index (χ2v) is 4.11. The molecule has 1 rings (SSSR count). The fourth-order valence-corrected chi connectivity index (χ4v) is 1.83. The monoisotopic (exact) mass is 273 g/mol. The van der Waals surface area contributed by atoms with Gasteiger partial charge in [0.15, 0.2) is 5.78 Å². The third-order valence-corrected chi connectivity index (χ3v) is 2.75. The minimum Gasteiger partial charge on any atom is -0.330 e. The molecule has 1 aromatic rings. The molecular weight excluding hydrogens is 261 g/mol. The Morgan fingerprint density at radius 1 is 1.53 bits per heavy atom. The minimum atomic E-state index is -0.495. The highest BCUT2D eigenvalue weighted by Crippen LogP contribution is 2.22. The van der Waals surface area contributed by atoms with Crippen LogP contribution in [0.1, 0.15) is 29.3 Å². The van der Waals surface area contributed by atoms with Crippen LogP contribution in [-0.2, 0) is 6.42 Å². The number of halogens is 2. The summed E-state index contributed by atoms with van der Waals surface area (Å²) in [5.74, 6) is -0.739. The second kappa shape index (κ2) is 5.37.